The van der Waals surface area contributed by atoms with Gasteiger partial charge in [0.2, 0.25) is 16.9 Å². The van der Waals surface area contributed by atoms with Crippen LogP contribution < -0.4 is 4.90 Å². The molecule has 4 heterocycles. The lowest BCUT2D eigenvalue weighted by Crippen LogP contribution is -2.33. The van der Waals surface area contributed by atoms with Crippen LogP contribution in [-0.2, 0) is 0 Å². The van der Waals surface area contributed by atoms with E-state index in [2.05, 4.69) is 41.1 Å². The molecule has 2 N–H and O–H groups in total. The predicted octanol–water partition coefficient (Wildman–Crippen LogP) is 3.31. The number of ketones is 1. The van der Waals surface area contributed by atoms with Crippen LogP contribution in [0.3, 0.4) is 0 Å². The van der Waals surface area contributed by atoms with Crippen LogP contribution in [0.25, 0.3) is 11.0 Å². The van der Waals surface area contributed by atoms with Gasteiger partial charge in [-0.1, -0.05) is 11.6 Å². The molecule has 0 amide bonds. The van der Waals surface area contributed by atoms with Crippen LogP contribution in [0.4, 0.5) is 5.82 Å². The number of aromatic amines is 2. The summed E-state index contributed by atoms with van der Waals surface area (Å²) in [5.41, 5.74) is 2.17. The van der Waals surface area contributed by atoms with E-state index in [4.69, 9.17) is 11.6 Å². The van der Waals surface area contributed by atoms with Crippen LogP contribution in [-0.4, -0.2) is 49.0 Å². The first-order valence-electron chi connectivity index (χ1n) is 9.47. The van der Waals surface area contributed by atoms with E-state index in [0.717, 1.165) is 55.6 Å². The molecule has 8 nitrogen and oxygen atoms in total. The summed E-state index contributed by atoms with van der Waals surface area (Å²) in [5, 5.41) is 7.60. The van der Waals surface area contributed by atoms with Crippen molar-refractivity contribution >= 4 is 34.2 Å². The Labute approximate surface area is 166 Å². The zero-order chi connectivity index (χ0) is 19.1. The highest BCUT2D eigenvalue weighted by molar-refractivity contribution is 6.28. The largest absolute Gasteiger partial charge is 0.355 e. The molecule has 9 heteroatoms. The van der Waals surface area contributed by atoms with Gasteiger partial charge in [0, 0.05) is 31.1 Å². The monoisotopic (exact) mass is 397 g/mol. The molecule has 1 aliphatic carbocycles. The zero-order valence-corrected chi connectivity index (χ0v) is 16.0. The van der Waals surface area contributed by atoms with Crippen molar-refractivity contribution in [3.63, 3.8) is 0 Å². The second kappa shape index (κ2) is 6.70. The standard InChI is InChI=1S/C19H20ClN7O/c20-18-24-16(25-26-18)14(28)8-12-2-1-7-27(10-19(9-12)4-5-19)17-13-3-6-21-15(13)22-11-23-17/h3,6,9,11H,1-2,4-5,7-8,10H2,(H,21,22,23)(H,24,25,26). The van der Waals surface area contributed by atoms with Gasteiger partial charge >= 0.3 is 0 Å². The number of nitrogens with zero attached hydrogens (tertiary/aromatic N) is 5. The minimum absolute atomic E-state index is 0.0903. The van der Waals surface area contributed by atoms with Gasteiger partial charge in [-0.25, -0.2) is 15.1 Å². The first-order valence-corrected chi connectivity index (χ1v) is 9.84. The van der Waals surface area contributed by atoms with Crippen LogP contribution in [0.1, 0.15) is 42.7 Å². The number of H-pyrrole nitrogens is 2. The van der Waals surface area contributed by atoms with Gasteiger partial charge in [0.15, 0.2) is 0 Å². The molecule has 144 valence electrons. The summed E-state index contributed by atoms with van der Waals surface area (Å²) < 4.78 is 0. The molecule has 3 aromatic heterocycles. The molecule has 3 aromatic rings. The summed E-state index contributed by atoms with van der Waals surface area (Å²) in [6.07, 6.45) is 10.3. The highest BCUT2D eigenvalue weighted by Gasteiger charge is 2.43. The number of Topliss-reactive ketones (excluding diaryl/α,β-unsaturated/α-hetero) is 1. The van der Waals surface area contributed by atoms with Crippen LogP contribution in [0.2, 0.25) is 5.28 Å². The number of nitrogens with one attached hydrogen (secondary N) is 2. The number of aromatic nitrogens is 6. The highest BCUT2D eigenvalue weighted by atomic mass is 35.5. The third kappa shape index (κ3) is 3.28. The molecule has 0 saturated heterocycles. The molecule has 0 unspecified atom stereocenters. The van der Waals surface area contributed by atoms with E-state index in [1.54, 1.807) is 6.33 Å². The van der Waals surface area contributed by atoms with Gasteiger partial charge in [0.05, 0.1) is 5.39 Å². The Balaban J connectivity index is 1.37. The number of hydrogen-bond donors (Lipinski definition) is 2. The third-order valence-corrected chi connectivity index (χ3v) is 5.73. The van der Waals surface area contributed by atoms with Gasteiger partial charge in [0.25, 0.3) is 0 Å². The number of hydrogen-bond acceptors (Lipinski definition) is 6. The molecule has 1 spiro atoms. The van der Waals surface area contributed by atoms with Gasteiger partial charge in [-0.05, 0) is 43.4 Å². The summed E-state index contributed by atoms with van der Waals surface area (Å²) >= 11 is 5.74. The maximum absolute atomic E-state index is 12.5. The lowest BCUT2D eigenvalue weighted by Gasteiger charge is -2.30. The normalized spacial score (nSPS) is 18.8. The van der Waals surface area contributed by atoms with E-state index >= 15 is 0 Å². The van der Waals surface area contributed by atoms with Crippen molar-refractivity contribution in [2.75, 3.05) is 18.0 Å². The topological polar surface area (TPSA) is 103 Å². The van der Waals surface area contributed by atoms with Crippen molar-refractivity contribution in [2.24, 2.45) is 5.41 Å². The number of halogens is 1. The fourth-order valence-electron chi connectivity index (χ4n) is 4.05. The Hall–Kier alpha value is -2.74. The van der Waals surface area contributed by atoms with E-state index in [9.17, 15) is 4.79 Å². The highest BCUT2D eigenvalue weighted by Crippen LogP contribution is 2.50. The SMILES string of the molecule is O=C(CC1=CC2(CC2)CN(c2ncnc3[nH]ccc23)CCC1)c1n[nH]c(Cl)n1. The number of anilines is 1. The van der Waals surface area contributed by atoms with Crippen molar-refractivity contribution in [3.8, 4) is 0 Å². The summed E-state index contributed by atoms with van der Waals surface area (Å²) in [5.74, 6) is 1.06. The minimum atomic E-state index is -0.0903. The van der Waals surface area contributed by atoms with Crippen molar-refractivity contribution in [3.05, 3.63) is 41.3 Å². The number of fused-ring (bicyclic) bond motifs is 1. The Morgan fingerprint density at radius 1 is 1.32 bits per heavy atom. The van der Waals surface area contributed by atoms with E-state index in [1.165, 1.54) is 5.57 Å². The molecule has 5 rings (SSSR count). The average Bonchev–Trinajstić information content (AvgIpc) is 3.05. The van der Waals surface area contributed by atoms with Crippen LogP contribution in [0.5, 0.6) is 0 Å². The molecule has 0 atom stereocenters. The maximum Gasteiger partial charge on any atom is 0.218 e. The van der Waals surface area contributed by atoms with Gasteiger partial charge in [-0.2, -0.15) is 4.98 Å². The Bertz CT molecular complexity index is 1070. The predicted molar refractivity (Wildman–Crippen MR) is 105 cm³/mol. The average molecular weight is 398 g/mol. The van der Waals surface area contributed by atoms with Crippen molar-refractivity contribution in [1.82, 2.24) is 30.1 Å². The summed E-state index contributed by atoms with van der Waals surface area (Å²) in [6.45, 7) is 1.81. The summed E-state index contributed by atoms with van der Waals surface area (Å²) in [4.78, 5) is 30.8. The summed E-state index contributed by atoms with van der Waals surface area (Å²) in [7, 11) is 0. The van der Waals surface area contributed by atoms with Crippen molar-refractivity contribution < 1.29 is 4.79 Å². The Morgan fingerprint density at radius 2 is 2.21 bits per heavy atom. The second-order valence-corrected chi connectivity index (χ2v) is 8.04. The minimum Gasteiger partial charge on any atom is -0.355 e. The third-order valence-electron chi connectivity index (χ3n) is 5.56. The van der Waals surface area contributed by atoms with Crippen molar-refractivity contribution in [1.29, 1.82) is 0 Å². The molecule has 1 saturated carbocycles. The quantitative estimate of drug-likeness (QED) is 0.517. The molecule has 1 aliphatic heterocycles. The fraction of sp³-hybridized carbons (Fsp3) is 0.421. The van der Waals surface area contributed by atoms with E-state index in [-0.39, 0.29) is 22.3 Å². The van der Waals surface area contributed by atoms with Crippen molar-refractivity contribution in [2.45, 2.75) is 32.1 Å². The fourth-order valence-corrected chi connectivity index (χ4v) is 4.18. The number of carbonyl (C=O) groups excluding carboxylic acids is 1. The van der Waals surface area contributed by atoms with Gasteiger partial charge in [-0.3, -0.25) is 4.79 Å². The smallest absolute Gasteiger partial charge is 0.218 e. The molecular formula is C19H20ClN7O. The van der Waals surface area contributed by atoms with Crippen LogP contribution >= 0.6 is 11.6 Å². The second-order valence-electron chi connectivity index (χ2n) is 7.68. The molecule has 28 heavy (non-hydrogen) atoms. The van der Waals surface area contributed by atoms with Crippen LogP contribution in [0, 0.1) is 5.41 Å². The summed E-state index contributed by atoms with van der Waals surface area (Å²) in [6, 6.07) is 2.03. The maximum atomic E-state index is 12.5. The van der Waals surface area contributed by atoms with Gasteiger partial charge < -0.3 is 9.88 Å². The van der Waals surface area contributed by atoms with Gasteiger partial charge in [-0.15, -0.1) is 5.10 Å². The van der Waals surface area contributed by atoms with E-state index < -0.39 is 0 Å². The zero-order valence-electron chi connectivity index (χ0n) is 15.3. The van der Waals surface area contributed by atoms with E-state index in [1.807, 2.05) is 12.3 Å². The first kappa shape index (κ1) is 17.4. The first-order chi connectivity index (χ1) is 13.6. The molecular weight excluding hydrogens is 378 g/mol. The van der Waals surface area contributed by atoms with E-state index in [0.29, 0.717) is 6.42 Å². The van der Waals surface area contributed by atoms with Crippen LogP contribution in [0.15, 0.2) is 30.2 Å². The molecule has 0 bridgehead atoms. The lowest BCUT2D eigenvalue weighted by atomic mass is 9.93. The molecule has 1 fully saturated rings. The molecule has 2 aliphatic rings. The van der Waals surface area contributed by atoms with Gasteiger partial charge in [0.1, 0.15) is 17.8 Å². The number of rotatable bonds is 4. The Morgan fingerprint density at radius 3 is 3.00 bits per heavy atom. The number of carbonyl (C=O) groups is 1. The molecule has 0 radical (unpaired) electrons. The Kier molecular flexibility index (Phi) is 4.16. The number of allylic oxidation sites excluding steroid dienone is 1. The molecule has 0 aromatic carbocycles. The lowest BCUT2D eigenvalue weighted by molar-refractivity contribution is 0.0982.